The van der Waals surface area contributed by atoms with Gasteiger partial charge in [-0.05, 0) is 70.9 Å². The minimum Gasteiger partial charge on any atom is -0.744 e. The zero-order chi connectivity index (χ0) is 61.2. The topological polar surface area (TPSA) is 231 Å². The molecule has 0 bridgehead atoms. The number of nitrogens with zero attached hydrogens (tertiary/aromatic N) is 2. The largest absolute Gasteiger partial charge is 1.00 e. The molecule has 474 valence electrons. The number of fused-ring (bicyclic) bond motifs is 2. The van der Waals surface area contributed by atoms with Crippen molar-refractivity contribution < 1.29 is 92.9 Å². The van der Waals surface area contributed by atoms with E-state index < -0.39 is 82.2 Å². The predicted octanol–water partition coefficient (Wildman–Crippen LogP) is 11.6. The van der Waals surface area contributed by atoms with Gasteiger partial charge in [0.1, 0.15) is 41.2 Å². The van der Waals surface area contributed by atoms with Gasteiger partial charge in [-0.1, -0.05) is 174 Å². The van der Waals surface area contributed by atoms with Crippen molar-refractivity contribution in [1.29, 1.82) is 0 Å². The van der Waals surface area contributed by atoms with E-state index in [4.69, 9.17) is 22.9 Å². The molecular formula is C64H102N3NaO14PS2+. The van der Waals surface area contributed by atoms with E-state index in [1.54, 1.807) is 0 Å². The summed E-state index contributed by atoms with van der Waals surface area (Å²) in [5.41, 5.74) is 2.26. The van der Waals surface area contributed by atoms with Gasteiger partial charge in [0.2, 0.25) is 15.4 Å². The van der Waals surface area contributed by atoms with Gasteiger partial charge in [-0.3, -0.25) is 18.6 Å². The Labute approximate surface area is 532 Å². The van der Waals surface area contributed by atoms with Gasteiger partial charge in [0.15, 0.2) is 6.10 Å². The Kier molecular flexibility index (Phi) is 37.5. The van der Waals surface area contributed by atoms with Crippen molar-refractivity contribution in [2.24, 2.45) is 0 Å². The molecule has 0 saturated carbocycles. The van der Waals surface area contributed by atoms with Gasteiger partial charge in [-0.2, -0.15) is 0 Å². The second kappa shape index (κ2) is 41.9. The van der Waals surface area contributed by atoms with E-state index in [0.717, 1.165) is 68.1 Å². The van der Waals surface area contributed by atoms with Crippen molar-refractivity contribution in [3.8, 4) is 22.5 Å². The first-order chi connectivity index (χ1) is 40.4. The number of ether oxygens (including phenoxy) is 2. The van der Waals surface area contributed by atoms with Crippen molar-refractivity contribution in [1.82, 2.24) is 9.30 Å². The molecule has 2 N–H and O–H groups in total. The Balaban J connectivity index is 0.0000189. The molecule has 2 aromatic carbocycles. The molecule has 1 aliphatic heterocycles. The first-order valence-electron chi connectivity index (χ1n) is 31.8. The zero-order valence-corrected chi connectivity index (χ0v) is 57.2. The molecule has 17 nitrogen and oxygen atoms in total. The van der Waals surface area contributed by atoms with E-state index in [-0.39, 0.29) is 48.0 Å². The number of esters is 2. The van der Waals surface area contributed by atoms with Crippen molar-refractivity contribution in [2.75, 3.05) is 57.4 Å². The van der Waals surface area contributed by atoms with Crippen LogP contribution in [0.4, 0.5) is 5.69 Å². The maximum absolute atomic E-state index is 14.4. The van der Waals surface area contributed by atoms with Gasteiger partial charge in [-0.25, -0.2) is 30.7 Å². The van der Waals surface area contributed by atoms with Crippen molar-refractivity contribution in [3.05, 3.63) is 60.0 Å². The summed E-state index contributed by atoms with van der Waals surface area (Å²) in [6.07, 6.45) is 28.9. The molecule has 0 fully saturated rings. The fourth-order valence-corrected chi connectivity index (χ4v) is 13.2. The fourth-order valence-electron chi connectivity index (χ4n) is 10.6. The molecule has 0 radical (unpaired) electrons. The maximum atomic E-state index is 14.4. The molecule has 1 heterocycles. The number of carbonyl (C=O) groups excluding carboxylic acids is 2. The number of hydrogen-bond acceptors (Lipinski definition) is 14. The van der Waals surface area contributed by atoms with Crippen LogP contribution in [0.15, 0.2) is 68.8 Å². The van der Waals surface area contributed by atoms with E-state index in [1.807, 2.05) is 64.1 Å². The number of sulfonamides is 1. The molecule has 21 heteroatoms. The van der Waals surface area contributed by atoms with Gasteiger partial charge in [0.05, 0.1) is 29.1 Å². The standard InChI is InChI=1S/C64H102N3O14PS2.Na/c1-7-13-15-17-19-21-23-25-27-29-31-33-35-37-62(68)77-50-54(80-63(69)38-36-34-32-30-28-26-24-22-20-18-16-14-8-2)51-79-82(70,71)78-46-45-65-83(72,73)61-49-55(84(74,75)76)41-44-58(61)64-56-42-39-52(66(9-3)10-4)47-59(56)81-60-48-53(40-43-57(60)64)67(11-5)12-6;/h39-44,47-49,54,65H,7-38,45-46,50-51H2,1-6H3,(H-,70,71,74,75,76);/q;+1/t54-;/m1./s1. The van der Waals surface area contributed by atoms with E-state index in [2.05, 4.69) is 28.0 Å². The molecular weight excluding hydrogens is 1150 g/mol. The summed E-state index contributed by atoms with van der Waals surface area (Å²) in [7, 11) is -14.9. The van der Waals surface area contributed by atoms with Crippen LogP contribution in [0.1, 0.15) is 221 Å². The molecule has 0 amide bonds. The summed E-state index contributed by atoms with van der Waals surface area (Å²) in [4.78, 5) is 37.5. The molecule has 85 heavy (non-hydrogen) atoms. The Morgan fingerprint density at radius 3 is 1.65 bits per heavy atom. The SMILES string of the molecule is CCCCCCCCCCCCCCCC(=O)OC[C@H](COP(=O)(O)OCCNS(=O)(=O)c1cc(S(=O)(=O)[O-])ccc1-c1c2ccc(=[N+](CC)CC)cc-2oc2cc(N(CC)CC)ccc12)OC(=O)CCCCCCCCCCCCCCC.[Na+]. The Bertz CT molecular complexity index is 2890. The van der Waals surface area contributed by atoms with Gasteiger partial charge >= 0.3 is 49.3 Å². The Hall–Kier alpha value is -3.20. The first-order valence-corrected chi connectivity index (χ1v) is 36.2. The number of anilines is 1. The van der Waals surface area contributed by atoms with Crippen LogP contribution in [0.3, 0.4) is 0 Å². The summed E-state index contributed by atoms with van der Waals surface area (Å²) < 4.78 is 112. The second-order valence-corrected chi connectivity index (χ2v) is 26.6. The third-order valence-electron chi connectivity index (χ3n) is 15.5. The fraction of sp³-hybridized carbons (Fsp3) is 0.672. The van der Waals surface area contributed by atoms with Crippen LogP contribution in [0, 0.1) is 0 Å². The van der Waals surface area contributed by atoms with E-state index in [1.165, 1.54) is 115 Å². The number of carbonyl (C=O) groups is 2. The quantitative estimate of drug-likeness (QED) is 0.00797. The molecule has 0 spiro atoms. The monoisotopic (exact) mass is 1250 g/mol. The number of benzene rings is 3. The third kappa shape index (κ3) is 28.0. The molecule has 0 aromatic heterocycles. The van der Waals surface area contributed by atoms with Gasteiger partial charge in [0, 0.05) is 72.4 Å². The van der Waals surface area contributed by atoms with Gasteiger partial charge < -0.3 is 28.2 Å². The van der Waals surface area contributed by atoms with Crippen LogP contribution in [-0.4, -0.2) is 96.9 Å². The molecule has 1 unspecified atom stereocenters. The van der Waals surface area contributed by atoms with E-state index >= 15 is 0 Å². The van der Waals surface area contributed by atoms with Gasteiger partial charge in [-0.15, -0.1) is 0 Å². The van der Waals surface area contributed by atoms with E-state index in [9.17, 15) is 40.4 Å². The van der Waals surface area contributed by atoms with Crippen LogP contribution in [0.5, 0.6) is 0 Å². The van der Waals surface area contributed by atoms with Crippen LogP contribution in [0.2, 0.25) is 0 Å². The summed E-state index contributed by atoms with van der Waals surface area (Å²) in [6, 6.07) is 14.3. The minimum absolute atomic E-state index is 0. The van der Waals surface area contributed by atoms with Crippen LogP contribution in [-0.2, 0) is 52.8 Å². The molecule has 4 rings (SSSR count). The third-order valence-corrected chi connectivity index (χ3v) is 18.8. The van der Waals surface area contributed by atoms with Crippen LogP contribution >= 0.6 is 7.82 Å². The average molecular weight is 1260 g/mol. The molecule has 2 aromatic rings. The molecule has 2 atom stereocenters. The smallest absolute Gasteiger partial charge is 0.744 e. The van der Waals surface area contributed by atoms with Gasteiger partial charge in [0.25, 0.3) is 0 Å². The van der Waals surface area contributed by atoms with Crippen molar-refractivity contribution >= 4 is 56.6 Å². The summed E-state index contributed by atoms with van der Waals surface area (Å²) >= 11 is 0. The minimum atomic E-state index is -5.16. The molecule has 1 aliphatic carbocycles. The predicted molar refractivity (Wildman–Crippen MR) is 335 cm³/mol. The average Bonchev–Trinajstić information content (AvgIpc) is 2.06. The summed E-state index contributed by atoms with van der Waals surface area (Å²) in [5.74, 6) is -0.641. The molecule has 0 saturated heterocycles. The first kappa shape index (κ1) is 76.0. The maximum Gasteiger partial charge on any atom is 1.00 e. The van der Waals surface area contributed by atoms with Crippen molar-refractivity contribution in [3.63, 3.8) is 0 Å². The van der Waals surface area contributed by atoms with Crippen LogP contribution in [0.25, 0.3) is 33.4 Å². The number of hydrogen-bond donors (Lipinski definition) is 2. The second-order valence-electron chi connectivity index (χ2n) is 22.1. The van der Waals surface area contributed by atoms with E-state index in [0.29, 0.717) is 66.9 Å². The normalized spacial score (nSPS) is 12.9. The number of rotatable bonds is 47. The Morgan fingerprint density at radius 1 is 0.635 bits per heavy atom. The zero-order valence-electron chi connectivity index (χ0n) is 52.6. The number of unbranched alkanes of at least 4 members (excludes halogenated alkanes) is 24. The Morgan fingerprint density at radius 2 is 1.14 bits per heavy atom. The molecule has 2 aliphatic rings. The summed E-state index contributed by atoms with van der Waals surface area (Å²) in [6.45, 7) is 13.0. The van der Waals surface area contributed by atoms with Crippen LogP contribution < -0.4 is 49.1 Å². The number of nitrogens with one attached hydrogen (secondary N) is 1. The number of phosphoric ester groups is 1. The number of phosphoric acid groups is 1. The van der Waals surface area contributed by atoms with Crippen molar-refractivity contribution in [2.45, 2.75) is 237 Å². The summed E-state index contributed by atoms with van der Waals surface area (Å²) in [5, 5.41) is 1.38.